The standard InChI is InChI=1S/C13H14O2S/c1-3-15-13(14)6-4-5-11-7-9-12(16-2)10-8-11/h7-10H,3,6H2,1-2H3. The molecule has 0 aliphatic rings. The molecule has 0 aliphatic carbocycles. The fraction of sp³-hybridized carbons (Fsp3) is 0.308. The third-order valence-electron chi connectivity index (χ3n) is 1.86. The van der Waals surface area contributed by atoms with Gasteiger partial charge in [-0.25, -0.2) is 0 Å². The lowest BCUT2D eigenvalue weighted by molar-refractivity contribution is -0.141. The molecule has 84 valence electrons. The summed E-state index contributed by atoms with van der Waals surface area (Å²) in [7, 11) is 0. The fourth-order valence-corrected chi connectivity index (χ4v) is 1.51. The fourth-order valence-electron chi connectivity index (χ4n) is 1.10. The van der Waals surface area contributed by atoms with Crippen molar-refractivity contribution in [1.29, 1.82) is 0 Å². The average molecular weight is 234 g/mol. The first-order valence-corrected chi connectivity index (χ1v) is 6.27. The minimum atomic E-state index is -0.268. The molecule has 16 heavy (non-hydrogen) atoms. The van der Waals surface area contributed by atoms with E-state index in [1.165, 1.54) is 4.90 Å². The molecule has 2 nitrogen and oxygen atoms in total. The van der Waals surface area contributed by atoms with Crippen molar-refractivity contribution in [2.24, 2.45) is 0 Å². The lowest BCUT2D eigenvalue weighted by atomic mass is 10.2. The second-order valence-electron chi connectivity index (χ2n) is 3.01. The number of carbonyl (C=O) groups is 1. The number of benzene rings is 1. The molecule has 0 radical (unpaired) electrons. The summed E-state index contributed by atoms with van der Waals surface area (Å²) in [5, 5.41) is 0. The molecule has 0 saturated heterocycles. The first kappa shape index (κ1) is 12.7. The zero-order chi connectivity index (χ0) is 11.8. The van der Waals surface area contributed by atoms with Gasteiger partial charge in [0.05, 0.1) is 6.61 Å². The molecule has 0 amide bonds. The van der Waals surface area contributed by atoms with Crippen molar-refractivity contribution >= 4 is 17.7 Å². The SMILES string of the molecule is CCOC(=O)CC#Cc1ccc(SC)cc1. The van der Waals surface area contributed by atoms with Crippen LogP contribution in [0.3, 0.4) is 0 Å². The Morgan fingerprint density at radius 1 is 1.38 bits per heavy atom. The number of thioether (sulfide) groups is 1. The van der Waals surface area contributed by atoms with Crippen LogP contribution < -0.4 is 0 Å². The van der Waals surface area contributed by atoms with Crippen molar-refractivity contribution in [2.45, 2.75) is 18.2 Å². The summed E-state index contributed by atoms with van der Waals surface area (Å²) in [6, 6.07) is 7.92. The van der Waals surface area contributed by atoms with Crippen LogP contribution in [0.15, 0.2) is 29.2 Å². The van der Waals surface area contributed by atoms with E-state index in [9.17, 15) is 4.79 Å². The van der Waals surface area contributed by atoms with Gasteiger partial charge in [-0.05, 0) is 37.4 Å². The molecular weight excluding hydrogens is 220 g/mol. The highest BCUT2D eigenvalue weighted by atomic mass is 32.2. The van der Waals surface area contributed by atoms with Crippen molar-refractivity contribution in [3.63, 3.8) is 0 Å². The predicted molar refractivity (Wildman–Crippen MR) is 66.4 cm³/mol. The van der Waals surface area contributed by atoms with Crippen LogP contribution in [-0.4, -0.2) is 18.8 Å². The normalized spacial score (nSPS) is 9.12. The van der Waals surface area contributed by atoms with Crippen LogP contribution in [-0.2, 0) is 9.53 Å². The first-order chi connectivity index (χ1) is 7.76. The van der Waals surface area contributed by atoms with Gasteiger partial charge in [-0.3, -0.25) is 4.79 Å². The molecule has 0 saturated carbocycles. The lowest BCUT2D eigenvalue weighted by Gasteiger charge is -1.96. The Morgan fingerprint density at radius 2 is 2.06 bits per heavy atom. The van der Waals surface area contributed by atoms with Crippen LogP contribution in [0.25, 0.3) is 0 Å². The van der Waals surface area contributed by atoms with Crippen LogP contribution in [0.5, 0.6) is 0 Å². The van der Waals surface area contributed by atoms with E-state index < -0.39 is 0 Å². The highest BCUT2D eigenvalue weighted by Crippen LogP contribution is 2.14. The minimum absolute atomic E-state index is 0.151. The largest absolute Gasteiger partial charge is 0.465 e. The second-order valence-corrected chi connectivity index (χ2v) is 3.89. The van der Waals surface area contributed by atoms with E-state index in [-0.39, 0.29) is 12.4 Å². The molecule has 0 bridgehead atoms. The third kappa shape index (κ3) is 4.41. The molecule has 0 spiro atoms. The summed E-state index contributed by atoms with van der Waals surface area (Å²) in [6.45, 7) is 2.19. The maximum atomic E-state index is 11.0. The molecule has 1 rings (SSSR count). The van der Waals surface area contributed by atoms with Gasteiger partial charge < -0.3 is 4.74 Å². The summed E-state index contributed by atoms with van der Waals surface area (Å²) in [4.78, 5) is 12.2. The van der Waals surface area contributed by atoms with E-state index in [0.29, 0.717) is 6.61 Å². The maximum absolute atomic E-state index is 11.0. The number of hydrogen-bond donors (Lipinski definition) is 0. The maximum Gasteiger partial charge on any atom is 0.317 e. The lowest BCUT2D eigenvalue weighted by Crippen LogP contribution is -2.01. The second kappa shape index (κ2) is 6.97. The number of ether oxygens (including phenoxy) is 1. The monoisotopic (exact) mass is 234 g/mol. The molecule has 0 heterocycles. The zero-order valence-electron chi connectivity index (χ0n) is 9.45. The van der Waals surface area contributed by atoms with E-state index in [4.69, 9.17) is 4.74 Å². The summed E-state index contributed by atoms with van der Waals surface area (Å²) < 4.78 is 4.77. The number of carbonyl (C=O) groups excluding carboxylic acids is 1. The van der Waals surface area contributed by atoms with Gasteiger partial charge in [0, 0.05) is 10.5 Å². The van der Waals surface area contributed by atoms with Crippen LogP contribution >= 0.6 is 11.8 Å². The number of hydrogen-bond acceptors (Lipinski definition) is 3. The van der Waals surface area contributed by atoms with Gasteiger partial charge in [-0.2, -0.15) is 0 Å². The van der Waals surface area contributed by atoms with Crippen LogP contribution in [0.2, 0.25) is 0 Å². The third-order valence-corrected chi connectivity index (χ3v) is 2.60. The summed E-state index contributed by atoms with van der Waals surface area (Å²) >= 11 is 1.69. The number of rotatable bonds is 3. The molecule has 3 heteroatoms. The Hall–Kier alpha value is -1.40. The average Bonchev–Trinajstić information content (AvgIpc) is 2.30. The van der Waals surface area contributed by atoms with E-state index in [1.807, 2.05) is 30.5 Å². The van der Waals surface area contributed by atoms with Gasteiger partial charge in [0.1, 0.15) is 6.42 Å². The highest BCUT2D eigenvalue weighted by Gasteiger charge is 1.96. The molecule has 0 atom stereocenters. The Bertz CT molecular complexity index is 398. The van der Waals surface area contributed by atoms with Crippen LogP contribution in [0.1, 0.15) is 18.9 Å². The van der Waals surface area contributed by atoms with Gasteiger partial charge >= 0.3 is 5.97 Å². The Balaban J connectivity index is 2.53. The molecule has 1 aromatic carbocycles. The molecule has 0 aromatic heterocycles. The summed E-state index contributed by atoms with van der Waals surface area (Å²) in [5.41, 5.74) is 0.919. The topological polar surface area (TPSA) is 26.3 Å². The van der Waals surface area contributed by atoms with Gasteiger partial charge in [0.25, 0.3) is 0 Å². The minimum Gasteiger partial charge on any atom is -0.465 e. The summed E-state index contributed by atoms with van der Waals surface area (Å²) in [6.07, 6.45) is 2.18. The van der Waals surface area contributed by atoms with E-state index in [2.05, 4.69) is 11.8 Å². The van der Waals surface area contributed by atoms with Crippen LogP contribution in [0.4, 0.5) is 0 Å². The molecule has 0 N–H and O–H groups in total. The van der Waals surface area contributed by atoms with Gasteiger partial charge in [0.15, 0.2) is 0 Å². The highest BCUT2D eigenvalue weighted by molar-refractivity contribution is 7.98. The smallest absolute Gasteiger partial charge is 0.317 e. The van der Waals surface area contributed by atoms with Crippen LogP contribution in [0, 0.1) is 11.8 Å². The Morgan fingerprint density at radius 3 is 2.62 bits per heavy atom. The quantitative estimate of drug-likeness (QED) is 0.457. The van der Waals surface area contributed by atoms with Crippen molar-refractivity contribution < 1.29 is 9.53 Å². The Kier molecular flexibility index (Phi) is 5.52. The number of esters is 1. The molecule has 0 fully saturated rings. The zero-order valence-corrected chi connectivity index (χ0v) is 10.3. The molecule has 1 aromatic rings. The van der Waals surface area contributed by atoms with Gasteiger partial charge in [-0.1, -0.05) is 11.8 Å². The van der Waals surface area contributed by atoms with E-state index in [1.54, 1.807) is 18.7 Å². The van der Waals surface area contributed by atoms with Crippen molar-refractivity contribution in [2.75, 3.05) is 12.9 Å². The van der Waals surface area contributed by atoms with E-state index >= 15 is 0 Å². The van der Waals surface area contributed by atoms with Gasteiger partial charge in [0.2, 0.25) is 0 Å². The van der Waals surface area contributed by atoms with Crippen molar-refractivity contribution in [3.05, 3.63) is 29.8 Å². The van der Waals surface area contributed by atoms with E-state index in [0.717, 1.165) is 5.56 Å². The molecule has 0 aliphatic heterocycles. The van der Waals surface area contributed by atoms with Crippen molar-refractivity contribution in [1.82, 2.24) is 0 Å². The Labute approximate surface area is 100 Å². The predicted octanol–water partition coefficient (Wildman–Crippen LogP) is 2.71. The van der Waals surface area contributed by atoms with Gasteiger partial charge in [-0.15, -0.1) is 11.8 Å². The van der Waals surface area contributed by atoms with Crippen molar-refractivity contribution in [3.8, 4) is 11.8 Å². The molecule has 0 unspecified atom stereocenters. The summed E-state index contributed by atoms with van der Waals surface area (Å²) in [5.74, 6) is 5.45. The molecular formula is C13H14O2S. The first-order valence-electron chi connectivity index (χ1n) is 5.04.